The van der Waals surface area contributed by atoms with Gasteiger partial charge in [0.25, 0.3) is 0 Å². The molecule has 0 radical (unpaired) electrons. The summed E-state index contributed by atoms with van der Waals surface area (Å²) in [6.45, 7) is 0. The number of hydrogen-bond donors (Lipinski definition) is 2. The third kappa shape index (κ3) is 2.40. The lowest BCUT2D eigenvalue weighted by molar-refractivity contribution is -0.137. The van der Waals surface area contributed by atoms with Crippen LogP contribution in [0.3, 0.4) is 0 Å². The van der Waals surface area contributed by atoms with E-state index in [0.29, 0.717) is 12.5 Å². The highest BCUT2D eigenvalue weighted by Crippen LogP contribution is 2.37. The predicted octanol–water partition coefficient (Wildman–Crippen LogP) is 2.78. The minimum Gasteiger partial charge on any atom is -0.325 e. The molecule has 3 nitrogen and oxygen atoms in total. The minimum atomic E-state index is -4.46. The smallest absolute Gasteiger partial charge is 0.325 e. The standard InChI is InChI=1S/C14H15F3N2O/c15-14(16,17)10-3-1-2-4-12(10)19-13(20)9-7-8-5-6-11(9)18-8/h1-4,8-9,11,18H,5-7H2,(H,19,20). The molecule has 2 aliphatic rings. The maximum atomic E-state index is 12.9. The van der Waals surface area contributed by atoms with Crippen molar-refractivity contribution in [2.24, 2.45) is 5.92 Å². The van der Waals surface area contributed by atoms with Crippen LogP contribution in [-0.4, -0.2) is 18.0 Å². The first-order valence-electron chi connectivity index (χ1n) is 6.68. The molecule has 2 heterocycles. The van der Waals surface area contributed by atoms with Gasteiger partial charge in [-0.05, 0) is 31.4 Å². The molecule has 2 saturated heterocycles. The van der Waals surface area contributed by atoms with Crippen molar-refractivity contribution in [3.8, 4) is 0 Å². The van der Waals surface area contributed by atoms with Crippen molar-refractivity contribution in [2.45, 2.75) is 37.5 Å². The van der Waals surface area contributed by atoms with E-state index in [1.807, 2.05) is 0 Å². The molecule has 20 heavy (non-hydrogen) atoms. The minimum absolute atomic E-state index is 0.109. The van der Waals surface area contributed by atoms with Gasteiger partial charge >= 0.3 is 6.18 Å². The Morgan fingerprint density at radius 1 is 1.25 bits per heavy atom. The Labute approximate surface area is 114 Å². The molecule has 2 N–H and O–H groups in total. The normalized spacial score (nSPS) is 28.6. The summed E-state index contributed by atoms with van der Waals surface area (Å²) in [6.07, 6.45) is -1.78. The number of alkyl halides is 3. The van der Waals surface area contributed by atoms with Gasteiger partial charge in [0.2, 0.25) is 5.91 Å². The Morgan fingerprint density at radius 2 is 2.00 bits per heavy atom. The average Bonchev–Trinajstić information content (AvgIpc) is 3.00. The second-order valence-corrected chi connectivity index (χ2v) is 5.42. The summed E-state index contributed by atoms with van der Waals surface area (Å²) in [5.41, 5.74) is -0.961. The van der Waals surface area contributed by atoms with Crippen molar-refractivity contribution in [3.63, 3.8) is 0 Å². The monoisotopic (exact) mass is 284 g/mol. The van der Waals surface area contributed by atoms with Crippen molar-refractivity contribution in [2.75, 3.05) is 5.32 Å². The summed E-state index contributed by atoms with van der Waals surface area (Å²) < 4.78 is 38.6. The molecule has 0 saturated carbocycles. The summed E-state index contributed by atoms with van der Waals surface area (Å²) in [7, 11) is 0. The lowest BCUT2D eigenvalue weighted by Crippen LogP contribution is -2.33. The van der Waals surface area contributed by atoms with Crippen LogP contribution in [0.15, 0.2) is 24.3 Å². The van der Waals surface area contributed by atoms with Gasteiger partial charge < -0.3 is 10.6 Å². The first-order valence-corrected chi connectivity index (χ1v) is 6.68. The van der Waals surface area contributed by atoms with Crippen LogP contribution in [-0.2, 0) is 11.0 Å². The van der Waals surface area contributed by atoms with Gasteiger partial charge in [0.15, 0.2) is 0 Å². The summed E-state index contributed by atoms with van der Waals surface area (Å²) in [6, 6.07) is 5.53. The molecule has 2 fully saturated rings. The average molecular weight is 284 g/mol. The van der Waals surface area contributed by atoms with Crippen LogP contribution in [0.5, 0.6) is 0 Å². The number of carbonyl (C=O) groups excluding carboxylic acids is 1. The van der Waals surface area contributed by atoms with Crippen LogP contribution >= 0.6 is 0 Å². The highest BCUT2D eigenvalue weighted by molar-refractivity contribution is 5.94. The fraction of sp³-hybridized carbons (Fsp3) is 0.500. The van der Waals surface area contributed by atoms with Gasteiger partial charge in [-0.2, -0.15) is 13.2 Å². The maximum absolute atomic E-state index is 12.9. The molecule has 2 aliphatic heterocycles. The van der Waals surface area contributed by atoms with Crippen molar-refractivity contribution in [3.05, 3.63) is 29.8 Å². The quantitative estimate of drug-likeness (QED) is 0.876. The Hall–Kier alpha value is -1.56. The molecule has 108 valence electrons. The molecule has 0 aromatic heterocycles. The number of rotatable bonds is 2. The third-order valence-corrected chi connectivity index (χ3v) is 4.13. The zero-order valence-corrected chi connectivity index (χ0v) is 10.7. The Bertz CT molecular complexity index is 529. The van der Waals surface area contributed by atoms with E-state index in [0.717, 1.165) is 18.9 Å². The molecule has 6 heteroatoms. The topological polar surface area (TPSA) is 41.1 Å². The number of amides is 1. The van der Waals surface area contributed by atoms with Gasteiger partial charge in [-0.25, -0.2) is 0 Å². The van der Waals surface area contributed by atoms with E-state index >= 15 is 0 Å². The van der Waals surface area contributed by atoms with Gasteiger partial charge in [0.05, 0.1) is 17.2 Å². The van der Waals surface area contributed by atoms with Crippen LogP contribution in [0, 0.1) is 5.92 Å². The SMILES string of the molecule is O=C(Nc1ccccc1C(F)(F)F)C1CC2CCC1N2. The molecular weight excluding hydrogens is 269 g/mol. The van der Waals surface area contributed by atoms with E-state index in [1.54, 1.807) is 0 Å². The van der Waals surface area contributed by atoms with E-state index < -0.39 is 11.7 Å². The van der Waals surface area contributed by atoms with Gasteiger partial charge in [-0.15, -0.1) is 0 Å². The number of fused-ring (bicyclic) bond motifs is 2. The number of para-hydroxylation sites is 1. The molecule has 0 aliphatic carbocycles. The highest BCUT2D eigenvalue weighted by atomic mass is 19.4. The van der Waals surface area contributed by atoms with E-state index in [4.69, 9.17) is 0 Å². The third-order valence-electron chi connectivity index (χ3n) is 4.13. The number of anilines is 1. The lowest BCUT2D eigenvalue weighted by Gasteiger charge is -2.20. The molecule has 1 aromatic rings. The second-order valence-electron chi connectivity index (χ2n) is 5.42. The first-order chi connectivity index (χ1) is 9.45. The van der Waals surface area contributed by atoms with Crippen molar-refractivity contribution in [1.82, 2.24) is 5.32 Å². The van der Waals surface area contributed by atoms with Crippen LogP contribution in [0.2, 0.25) is 0 Å². The Morgan fingerprint density at radius 3 is 2.60 bits per heavy atom. The first kappa shape index (κ1) is 13.4. The van der Waals surface area contributed by atoms with E-state index in [2.05, 4.69) is 10.6 Å². The molecule has 3 atom stereocenters. The molecule has 1 amide bonds. The maximum Gasteiger partial charge on any atom is 0.418 e. The van der Waals surface area contributed by atoms with Crippen LogP contribution < -0.4 is 10.6 Å². The van der Waals surface area contributed by atoms with Crippen LogP contribution in [0.4, 0.5) is 18.9 Å². The predicted molar refractivity (Wildman–Crippen MR) is 68.1 cm³/mol. The fourth-order valence-corrected chi connectivity index (χ4v) is 3.18. The molecule has 2 bridgehead atoms. The van der Waals surface area contributed by atoms with Crippen molar-refractivity contribution in [1.29, 1.82) is 0 Å². The zero-order valence-electron chi connectivity index (χ0n) is 10.7. The summed E-state index contributed by atoms with van der Waals surface area (Å²) in [4.78, 5) is 12.2. The van der Waals surface area contributed by atoms with Crippen molar-refractivity contribution >= 4 is 11.6 Å². The molecule has 0 spiro atoms. The van der Waals surface area contributed by atoms with E-state index in [1.165, 1.54) is 18.2 Å². The number of halogens is 3. The number of nitrogens with one attached hydrogen (secondary N) is 2. The lowest BCUT2D eigenvalue weighted by atomic mass is 9.88. The Balaban J connectivity index is 1.77. The molecule has 3 rings (SSSR count). The number of carbonyl (C=O) groups is 1. The molecule has 3 unspecified atom stereocenters. The van der Waals surface area contributed by atoms with Crippen LogP contribution in [0.25, 0.3) is 0 Å². The zero-order chi connectivity index (χ0) is 14.3. The summed E-state index contributed by atoms with van der Waals surface area (Å²) >= 11 is 0. The van der Waals surface area contributed by atoms with Gasteiger partial charge in [-0.3, -0.25) is 4.79 Å². The van der Waals surface area contributed by atoms with Gasteiger partial charge in [0, 0.05) is 12.1 Å². The van der Waals surface area contributed by atoms with Gasteiger partial charge in [-0.1, -0.05) is 12.1 Å². The summed E-state index contributed by atoms with van der Waals surface area (Å²) in [5, 5.41) is 5.75. The second kappa shape index (κ2) is 4.77. The number of benzene rings is 1. The van der Waals surface area contributed by atoms with Crippen molar-refractivity contribution < 1.29 is 18.0 Å². The Kier molecular flexibility index (Phi) is 3.20. The molecular formula is C14H15F3N2O. The summed E-state index contributed by atoms with van der Waals surface area (Å²) in [5.74, 6) is -0.545. The number of hydrogen-bond acceptors (Lipinski definition) is 2. The van der Waals surface area contributed by atoms with Crippen LogP contribution in [0.1, 0.15) is 24.8 Å². The largest absolute Gasteiger partial charge is 0.418 e. The highest BCUT2D eigenvalue weighted by Gasteiger charge is 2.43. The van der Waals surface area contributed by atoms with E-state index in [-0.39, 0.29) is 23.6 Å². The van der Waals surface area contributed by atoms with E-state index in [9.17, 15) is 18.0 Å². The molecule has 1 aromatic carbocycles. The fourth-order valence-electron chi connectivity index (χ4n) is 3.18. The van der Waals surface area contributed by atoms with Gasteiger partial charge in [0.1, 0.15) is 0 Å².